The molecule has 5 rings (SSSR count). The number of carbonyl (C=O) groups excluding carboxylic acids is 1. The summed E-state index contributed by atoms with van der Waals surface area (Å²) in [4.78, 5) is 17.8. The van der Waals surface area contributed by atoms with E-state index in [1.165, 1.54) is 11.1 Å². The van der Waals surface area contributed by atoms with Crippen molar-refractivity contribution in [3.8, 4) is 11.1 Å². The summed E-state index contributed by atoms with van der Waals surface area (Å²) in [6.45, 7) is 8.41. The van der Waals surface area contributed by atoms with E-state index >= 15 is 0 Å². The molecule has 2 atom stereocenters. The third-order valence-electron chi connectivity index (χ3n) is 6.98. The van der Waals surface area contributed by atoms with Crippen molar-refractivity contribution in [1.82, 2.24) is 15.6 Å². The molecule has 1 amide bonds. The first-order valence-electron chi connectivity index (χ1n) is 11.4. The Morgan fingerprint density at radius 3 is 2.81 bits per heavy atom. The summed E-state index contributed by atoms with van der Waals surface area (Å²) in [5.41, 5.74) is 6.55. The molecule has 0 aliphatic carbocycles. The van der Waals surface area contributed by atoms with Gasteiger partial charge in [-0.2, -0.15) is 10.2 Å². The molecule has 0 spiro atoms. The fraction of sp³-hybridized carbons (Fsp3) is 0.385. The van der Waals surface area contributed by atoms with Crippen molar-refractivity contribution in [2.24, 2.45) is 10.2 Å². The van der Waals surface area contributed by atoms with Crippen LogP contribution in [-0.2, 0) is 16.6 Å². The van der Waals surface area contributed by atoms with Crippen molar-refractivity contribution in [1.29, 1.82) is 0 Å². The second-order valence-corrected chi connectivity index (χ2v) is 9.46. The number of azo groups is 1. The minimum atomic E-state index is -0.579. The number of fused-ring (bicyclic) bond motifs is 1. The molecule has 2 aromatic rings. The van der Waals surface area contributed by atoms with E-state index in [0.29, 0.717) is 0 Å². The number of aromatic nitrogens is 1. The lowest BCUT2D eigenvalue weighted by Crippen LogP contribution is -2.58. The summed E-state index contributed by atoms with van der Waals surface area (Å²) in [6, 6.07) is 10.7. The molecule has 0 radical (unpaired) electrons. The molecule has 164 valence electrons. The maximum absolute atomic E-state index is 13.5. The maximum atomic E-state index is 13.5. The lowest BCUT2D eigenvalue weighted by atomic mass is 9.62. The molecule has 3 aliphatic heterocycles. The van der Waals surface area contributed by atoms with Crippen LogP contribution in [0.5, 0.6) is 0 Å². The van der Waals surface area contributed by atoms with Gasteiger partial charge in [-0.3, -0.25) is 9.78 Å². The SMILES string of the molecule is CCc1cnccc1-c1cccc([C@@]2(CC)C3=CN=NC3NC3=C2C(=O)NC(C)(C)C3)c1. The summed E-state index contributed by atoms with van der Waals surface area (Å²) < 4.78 is 0. The van der Waals surface area contributed by atoms with Crippen LogP contribution in [0.2, 0.25) is 0 Å². The number of nitrogens with one attached hydrogen (secondary N) is 2. The standard InChI is InChI=1S/C26H29N5O/c1-5-16-14-27-11-10-19(16)17-8-7-9-18(12-17)26(6-2)20-15-28-31-23(20)29-21-13-25(3,4)30-24(32)22(21)26/h7-12,14-15,23,29H,5-6,13H2,1-4H3,(H,30,32)/t23?,26-/m0/s1. The highest BCUT2D eigenvalue weighted by Gasteiger charge is 2.53. The third kappa shape index (κ3) is 3.00. The van der Waals surface area contributed by atoms with Crippen molar-refractivity contribution in [2.45, 2.75) is 64.1 Å². The van der Waals surface area contributed by atoms with Crippen LogP contribution in [0.15, 0.2) is 76.0 Å². The lowest BCUT2D eigenvalue weighted by molar-refractivity contribution is -0.120. The highest BCUT2D eigenvalue weighted by Crippen LogP contribution is 2.51. The maximum Gasteiger partial charge on any atom is 0.250 e. The fourth-order valence-electron chi connectivity index (χ4n) is 5.55. The molecule has 32 heavy (non-hydrogen) atoms. The van der Waals surface area contributed by atoms with Gasteiger partial charge in [0.15, 0.2) is 6.17 Å². The number of carbonyl (C=O) groups is 1. The molecule has 3 aliphatic rings. The number of amides is 1. The number of hydrogen-bond donors (Lipinski definition) is 2. The minimum absolute atomic E-state index is 0.0135. The van der Waals surface area contributed by atoms with E-state index in [2.05, 4.69) is 83.9 Å². The van der Waals surface area contributed by atoms with Crippen LogP contribution >= 0.6 is 0 Å². The largest absolute Gasteiger partial charge is 0.362 e. The Kier molecular flexibility index (Phi) is 4.77. The van der Waals surface area contributed by atoms with Gasteiger partial charge in [0.2, 0.25) is 0 Å². The van der Waals surface area contributed by atoms with Gasteiger partial charge in [0.1, 0.15) is 0 Å². The summed E-state index contributed by atoms with van der Waals surface area (Å²) >= 11 is 0. The monoisotopic (exact) mass is 427 g/mol. The van der Waals surface area contributed by atoms with E-state index in [9.17, 15) is 4.79 Å². The van der Waals surface area contributed by atoms with E-state index in [1.54, 1.807) is 0 Å². The zero-order valence-corrected chi connectivity index (χ0v) is 19.1. The van der Waals surface area contributed by atoms with Gasteiger partial charge in [0.25, 0.3) is 5.91 Å². The first kappa shape index (κ1) is 20.6. The van der Waals surface area contributed by atoms with E-state index in [0.717, 1.165) is 47.2 Å². The number of benzene rings is 1. The van der Waals surface area contributed by atoms with Gasteiger partial charge < -0.3 is 10.6 Å². The number of pyridine rings is 1. The number of rotatable bonds is 4. The Hall–Kier alpha value is -3.28. The van der Waals surface area contributed by atoms with Crippen LogP contribution in [0.4, 0.5) is 0 Å². The quantitative estimate of drug-likeness (QED) is 0.736. The van der Waals surface area contributed by atoms with Gasteiger partial charge in [0, 0.05) is 35.6 Å². The van der Waals surface area contributed by atoms with Crippen molar-refractivity contribution in [3.63, 3.8) is 0 Å². The van der Waals surface area contributed by atoms with Crippen LogP contribution < -0.4 is 10.6 Å². The summed E-state index contributed by atoms with van der Waals surface area (Å²) in [7, 11) is 0. The zero-order valence-electron chi connectivity index (χ0n) is 19.1. The smallest absolute Gasteiger partial charge is 0.250 e. The van der Waals surface area contributed by atoms with Gasteiger partial charge in [-0.05, 0) is 61.1 Å². The van der Waals surface area contributed by atoms with Crippen molar-refractivity contribution >= 4 is 5.91 Å². The zero-order chi connectivity index (χ0) is 22.5. The third-order valence-corrected chi connectivity index (χ3v) is 6.98. The predicted molar refractivity (Wildman–Crippen MR) is 125 cm³/mol. The number of hydrogen-bond acceptors (Lipinski definition) is 5. The highest BCUT2D eigenvalue weighted by molar-refractivity contribution is 6.00. The molecule has 1 unspecified atom stereocenters. The van der Waals surface area contributed by atoms with Gasteiger partial charge in [0.05, 0.1) is 17.2 Å². The van der Waals surface area contributed by atoms with Gasteiger partial charge in [-0.25, -0.2) is 0 Å². The van der Waals surface area contributed by atoms with E-state index in [-0.39, 0.29) is 17.6 Å². The topological polar surface area (TPSA) is 78.7 Å². The van der Waals surface area contributed by atoms with E-state index < -0.39 is 5.41 Å². The van der Waals surface area contributed by atoms with Gasteiger partial charge in [-0.15, -0.1) is 0 Å². The second kappa shape index (κ2) is 7.40. The first-order valence-corrected chi connectivity index (χ1v) is 11.4. The van der Waals surface area contributed by atoms with Crippen LogP contribution in [0.25, 0.3) is 11.1 Å². The molecule has 0 bridgehead atoms. The summed E-state index contributed by atoms with van der Waals surface area (Å²) in [5.74, 6) is -0.0135. The number of nitrogens with zero attached hydrogens (tertiary/aromatic N) is 3. The van der Waals surface area contributed by atoms with Gasteiger partial charge in [-0.1, -0.05) is 32.0 Å². The fourth-order valence-corrected chi connectivity index (χ4v) is 5.55. The molecule has 6 nitrogen and oxygen atoms in total. The average Bonchev–Trinajstić information content (AvgIpc) is 3.25. The van der Waals surface area contributed by atoms with Crippen LogP contribution in [0.1, 0.15) is 51.7 Å². The molecular formula is C26H29N5O. The average molecular weight is 428 g/mol. The van der Waals surface area contributed by atoms with Crippen LogP contribution in [-0.4, -0.2) is 22.6 Å². The lowest BCUT2D eigenvalue weighted by Gasteiger charge is -2.48. The van der Waals surface area contributed by atoms with Crippen LogP contribution in [0.3, 0.4) is 0 Å². The summed E-state index contributed by atoms with van der Waals surface area (Å²) in [6.07, 6.45) is 7.78. The minimum Gasteiger partial charge on any atom is -0.362 e. The molecule has 6 heteroatoms. The van der Waals surface area contributed by atoms with Crippen LogP contribution in [0, 0.1) is 0 Å². The molecule has 0 saturated heterocycles. The second-order valence-electron chi connectivity index (χ2n) is 9.46. The van der Waals surface area contributed by atoms with E-state index in [4.69, 9.17) is 0 Å². The van der Waals surface area contributed by atoms with Crippen molar-refractivity contribution in [2.75, 3.05) is 0 Å². The molecular weight excluding hydrogens is 398 g/mol. The molecule has 0 fully saturated rings. The molecule has 0 saturated carbocycles. The summed E-state index contributed by atoms with van der Waals surface area (Å²) in [5, 5.41) is 15.4. The normalized spacial score (nSPS) is 25.6. The molecule has 4 heterocycles. The molecule has 1 aromatic heterocycles. The van der Waals surface area contributed by atoms with E-state index in [1.807, 2.05) is 18.6 Å². The Labute approximate surface area is 188 Å². The Bertz CT molecular complexity index is 1190. The molecule has 1 aromatic carbocycles. The van der Waals surface area contributed by atoms with Gasteiger partial charge >= 0.3 is 0 Å². The molecule has 2 N–H and O–H groups in total. The highest BCUT2D eigenvalue weighted by atomic mass is 16.2. The predicted octanol–water partition coefficient (Wildman–Crippen LogP) is 4.79. The first-order chi connectivity index (χ1) is 15.4. The Morgan fingerprint density at radius 1 is 1.19 bits per heavy atom. The Morgan fingerprint density at radius 2 is 2.03 bits per heavy atom. The van der Waals surface area contributed by atoms with Crippen molar-refractivity contribution < 1.29 is 4.79 Å². The van der Waals surface area contributed by atoms with Crippen molar-refractivity contribution in [3.05, 3.63) is 76.9 Å². The number of aryl methyl sites for hydroxylation is 1. The Balaban J connectivity index is 1.74.